The van der Waals surface area contributed by atoms with Gasteiger partial charge >= 0.3 is 6.09 Å². The Labute approximate surface area is 153 Å². The summed E-state index contributed by atoms with van der Waals surface area (Å²) in [5.41, 5.74) is 0. The average molecular weight is 366 g/mol. The van der Waals surface area contributed by atoms with Crippen LogP contribution in [0.25, 0.3) is 0 Å². The van der Waals surface area contributed by atoms with E-state index in [2.05, 4.69) is 15.2 Å². The van der Waals surface area contributed by atoms with E-state index in [1.165, 1.54) is 6.07 Å². The van der Waals surface area contributed by atoms with Crippen molar-refractivity contribution in [1.29, 1.82) is 0 Å². The number of piperazine rings is 1. The molecule has 0 aliphatic carbocycles. The summed E-state index contributed by atoms with van der Waals surface area (Å²) >= 11 is 0. The summed E-state index contributed by atoms with van der Waals surface area (Å²) in [6.07, 6.45) is -0.508. The van der Waals surface area contributed by atoms with E-state index in [0.29, 0.717) is 39.3 Å². The molecule has 0 bridgehead atoms. The number of aliphatic imine (C=N–C) groups is 1. The van der Waals surface area contributed by atoms with E-state index in [0.717, 1.165) is 5.96 Å². The minimum absolute atomic E-state index is 0.232. The summed E-state index contributed by atoms with van der Waals surface area (Å²) in [7, 11) is 1.71. The van der Waals surface area contributed by atoms with Crippen LogP contribution in [0.4, 0.5) is 9.18 Å². The molecule has 0 radical (unpaired) electrons. The molecule has 1 aliphatic heterocycles. The first-order valence-corrected chi connectivity index (χ1v) is 8.83. The monoisotopic (exact) mass is 366 g/mol. The zero-order chi connectivity index (χ0) is 18.9. The Morgan fingerprint density at radius 1 is 1.27 bits per heavy atom. The van der Waals surface area contributed by atoms with Gasteiger partial charge in [-0.2, -0.15) is 0 Å². The molecule has 1 heterocycles. The van der Waals surface area contributed by atoms with Crippen LogP contribution in [-0.4, -0.2) is 74.3 Å². The third kappa shape index (κ3) is 5.50. The molecule has 0 saturated carbocycles. The lowest BCUT2D eigenvalue weighted by molar-refractivity contribution is 0.0913. The Bertz CT molecular complexity index is 618. The largest absolute Gasteiger partial charge is 0.486 e. The van der Waals surface area contributed by atoms with Gasteiger partial charge in [-0.3, -0.25) is 4.99 Å². The minimum atomic E-state index is -0.376. The van der Waals surface area contributed by atoms with E-state index in [1.54, 1.807) is 37.1 Å². The number of para-hydroxylation sites is 1. The Morgan fingerprint density at radius 3 is 2.54 bits per heavy atom. The maximum Gasteiger partial charge on any atom is 0.409 e. The second-order valence-corrected chi connectivity index (χ2v) is 5.96. The SMILES string of the molecule is CCOC(=O)N1CCN(C(=NC)NCC(C)Oc2ccccc2F)CC1. The molecule has 1 N–H and O–H groups in total. The van der Waals surface area contributed by atoms with Crippen molar-refractivity contribution < 1.29 is 18.7 Å². The van der Waals surface area contributed by atoms with Gasteiger partial charge in [0.1, 0.15) is 6.10 Å². The molecule has 8 heteroatoms. The van der Waals surface area contributed by atoms with E-state index in [9.17, 15) is 9.18 Å². The maximum atomic E-state index is 13.6. The first-order chi connectivity index (χ1) is 12.5. The number of ether oxygens (including phenoxy) is 2. The summed E-state index contributed by atoms with van der Waals surface area (Å²) in [6.45, 7) is 7.03. The fourth-order valence-electron chi connectivity index (χ4n) is 2.68. The molecule has 26 heavy (non-hydrogen) atoms. The Hall–Kier alpha value is -2.51. The zero-order valence-corrected chi connectivity index (χ0v) is 15.6. The van der Waals surface area contributed by atoms with Crippen molar-refractivity contribution in [1.82, 2.24) is 15.1 Å². The van der Waals surface area contributed by atoms with Crippen molar-refractivity contribution in [3.63, 3.8) is 0 Å². The number of benzene rings is 1. The van der Waals surface area contributed by atoms with Crippen molar-refractivity contribution in [3.05, 3.63) is 30.1 Å². The van der Waals surface area contributed by atoms with Gasteiger partial charge in [-0.1, -0.05) is 12.1 Å². The molecule has 2 rings (SSSR count). The smallest absolute Gasteiger partial charge is 0.409 e. The molecule has 1 unspecified atom stereocenters. The van der Waals surface area contributed by atoms with Crippen LogP contribution < -0.4 is 10.1 Å². The van der Waals surface area contributed by atoms with Crippen LogP contribution in [-0.2, 0) is 4.74 Å². The number of nitrogens with one attached hydrogen (secondary N) is 1. The van der Waals surface area contributed by atoms with E-state index in [-0.39, 0.29) is 23.8 Å². The highest BCUT2D eigenvalue weighted by atomic mass is 19.1. The molecule has 7 nitrogen and oxygen atoms in total. The van der Waals surface area contributed by atoms with Crippen LogP contribution in [0.15, 0.2) is 29.3 Å². The lowest BCUT2D eigenvalue weighted by Crippen LogP contribution is -2.54. The number of nitrogens with zero attached hydrogens (tertiary/aromatic N) is 3. The van der Waals surface area contributed by atoms with Crippen molar-refractivity contribution in [2.24, 2.45) is 4.99 Å². The average Bonchev–Trinajstić information content (AvgIpc) is 2.65. The van der Waals surface area contributed by atoms with Crippen molar-refractivity contribution in [2.75, 3.05) is 46.4 Å². The standard InChI is InChI=1S/C18H27FN4O3/c1-4-25-18(24)23-11-9-22(10-12-23)17(20-3)21-13-14(2)26-16-8-6-5-7-15(16)19/h5-8,14H,4,9-13H2,1-3H3,(H,20,21). The molecular weight excluding hydrogens is 339 g/mol. The number of guanidine groups is 1. The molecule has 1 atom stereocenters. The fourth-order valence-corrected chi connectivity index (χ4v) is 2.68. The van der Waals surface area contributed by atoms with Crippen LogP contribution in [0.2, 0.25) is 0 Å². The Balaban J connectivity index is 1.79. The van der Waals surface area contributed by atoms with Gasteiger partial charge in [-0.15, -0.1) is 0 Å². The molecular formula is C18H27FN4O3. The minimum Gasteiger partial charge on any atom is -0.486 e. The number of rotatable bonds is 5. The second kappa shape index (κ2) is 9.84. The first-order valence-electron chi connectivity index (χ1n) is 8.83. The predicted molar refractivity (Wildman–Crippen MR) is 98.0 cm³/mol. The van der Waals surface area contributed by atoms with Crippen molar-refractivity contribution >= 4 is 12.1 Å². The topological polar surface area (TPSA) is 66.4 Å². The molecule has 1 aromatic rings. The van der Waals surface area contributed by atoms with E-state index >= 15 is 0 Å². The fraction of sp³-hybridized carbons (Fsp3) is 0.556. The molecule has 0 spiro atoms. The molecule has 0 aromatic heterocycles. The number of halogens is 1. The van der Waals surface area contributed by atoms with Crippen LogP contribution in [0.3, 0.4) is 0 Å². The highest BCUT2D eigenvalue weighted by Gasteiger charge is 2.23. The Kier molecular flexibility index (Phi) is 7.50. The maximum absolute atomic E-state index is 13.6. The molecule has 1 fully saturated rings. The number of carbonyl (C=O) groups excluding carboxylic acids is 1. The molecule has 1 aliphatic rings. The van der Waals surface area contributed by atoms with Gasteiger partial charge in [0, 0.05) is 33.2 Å². The third-order valence-corrected chi connectivity index (χ3v) is 4.03. The van der Waals surface area contributed by atoms with Crippen molar-refractivity contribution in [2.45, 2.75) is 20.0 Å². The summed E-state index contributed by atoms with van der Waals surface area (Å²) in [4.78, 5) is 19.8. The lowest BCUT2D eigenvalue weighted by Gasteiger charge is -2.36. The predicted octanol–water partition coefficient (Wildman–Crippen LogP) is 1.94. The van der Waals surface area contributed by atoms with Gasteiger partial charge in [0.05, 0.1) is 13.2 Å². The second-order valence-electron chi connectivity index (χ2n) is 5.96. The van der Waals surface area contributed by atoms with Gasteiger partial charge in [-0.25, -0.2) is 9.18 Å². The zero-order valence-electron chi connectivity index (χ0n) is 15.6. The highest BCUT2D eigenvalue weighted by molar-refractivity contribution is 5.80. The number of carbonyl (C=O) groups is 1. The van der Waals surface area contributed by atoms with E-state index in [4.69, 9.17) is 9.47 Å². The number of hydrogen-bond donors (Lipinski definition) is 1. The van der Waals surface area contributed by atoms with Crippen molar-refractivity contribution in [3.8, 4) is 5.75 Å². The lowest BCUT2D eigenvalue weighted by atomic mass is 10.3. The van der Waals surface area contributed by atoms with E-state index in [1.807, 2.05) is 6.92 Å². The van der Waals surface area contributed by atoms with Crippen LogP contribution in [0, 0.1) is 5.82 Å². The molecule has 144 valence electrons. The molecule has 1 aromatic carbocycles. The van der Waals surface area contributed by atoms with Gasteiger partial charge in [-0.05, 0) is 26.0 Å². The molecule has 1 amide bonds. The summed E-state index contributed by atoms with van der Waals surface area (Å²) in [5.74, 6) is 0.594. The van der Waals surface area contributed by atoms with Gasteiger partial charge in [0.25, 0.3) is 0 Å². The van der Waals surface area contributed by atoms with Gasteiger partial charge < -0.3 is 24.6 Å². The number of amides is 1. The quantitative estimate of drug-likeness (QED) is 0.637. The third-order valence-electron chi connectivity index (χ3n) is 4.03. The first kappa shape index (κ1) is 19.8. The van der Waals surface area contributed by atoms with Crippen LogP contribution in [0.1, 0.15) is 13.8 Å². The summed E-state index contributed by atoms with van der Waals surface area (Å²) < 4.78 is 24.3. The normalized spacial score (nSPS) is 16.2. The summed E-state index contributed by atoms with van der Waals surface area (Å²) in [6, 6.07) is 6.34. The van der Waals surface area contributed by atoms with Gasteiger partial charge in [0.15, 0.2) is 17.5 Å². The van der Waals surface area contributed by atoms with Crippen LogP contribution in [0.5, 0.6) is 5.75 Å². The number of hydrogen-bond acceptors (Lipinski definition) is 4. The summed E-state index contributed by atoms with van der Waals surface area (Å²) in [5, 5.41) is 3.24. The highest BCUT2D eigenvalue weighted by Crippen LogP contribution is 2.16. The Morgan fingerprint density at radius 2 is 1.92 bits per heavy atom. The van der Waals surface area contributed by atoms with E-state index < -0.39 is 0 Å². The van der Waals surface area contributed by atoms with Gasteiger partial charge in [0.2, 0.25) is 0 Å². The molecule has 1 saturated heterocycles. The van der Waals surface area contributed by atoms with Crippen LogP contribution >= 0.6 is 0 Å².